The number of fused-ring (bicyclic) bond motifs is 3. The van der Waals surface area contributed by atoms with Gasteiger partial charge in [-0.2, -0.15) is 0 Å². The molecule has 0 radical (unpaired) electrons. The zero-order valence-electron chi connectivity index (χ0n) is 16.7. The number of ether oxygens (including phenoxy) is 2. The number of carbonyl (C=O) groups excluding carboxylic acids is 2. The third-order valence-corrected chi connectivity index (χ3v) is 5.25. The lowest BCUT2D eigenvalue weighted by molar-refractivity contribution is -0.151. The largest absolute Gasteiger partial charge is 0.450 e. The van der Waals surface area contributed by atoms with Crippen molar-refractivity contribution in [3.8, 4) is 5.75 Å². The Morgan fingerprint density at radius 1 is 0.931 bits per heavy atom. The number of rotatable bonds is 3. The van der Waals surface area contributed by atoms with Gasteiger partial charge < -0.3 is 9.47 Å². The maximum absolute atomic E-state index is 12.0. The highest BCUT2D eigenvalue weighted by molar-refractivity contribution is 5.87. The van der Waals surface area contributed by atoms with Crippen molar-refractivity contribution in [2.45, 2.75) is 32.8 Å². The normalized spacial score (nSPS) is 18.0. The summed E-state index contributed by atoms with van der Waals surface area (Å²) in [5.41, 5.74) is 1.18. The van der Waals surface area contributed by atoms with Crippen LogP contribution in [0.15, 0.2) is 60.7 Å². The average molecular weight is 386 g/mol. The van der Waals surface area contributed by atoms with Crippen LogP contribution in [0.25, 0.3) is 22.4 Å². The lowest BCUT2D eigenvalue weighted by Crippen LogP contribution is -2.41. The highest BCUT2D eigenvalue weighted by Crippen LogP contribution is 2.36. The zero-order chi connectivity index (χ0) is 20.6. The Bertz CT molecular complexity index is 1240. The molecule has 0 fully saturated rings. The van der Waals surface area contributed by atoms with Gasteiger partial charge >= 0.3 is 11.9 Å². The summed E-state index contributed by atoms with van der Waals surface area (Å²) in [6.45, 7) is 4.88. The molecule has 0 spiro atoms. The minimum atomic E-state index is -0.879. The van der Waals surface area contributed by atoms with Crippen molar-refractivity contribution in [3.63, 3.8) is 0 Å². The molecule has 4 rings (SSSR count). The van der Waals surface area contributed by atoms with E-state index < -0.39 is 5.60 Å². The molecule has 3 aromatic rings. The van der Waals surface area contributed by atoms with Gasteiger partial charge in [0.05, 0.1) is 0 Å². The number of hydrogen-bond acceptors (Lipinski definition) is 4. The zero-order valence-corrected chi connectivity index (χ0v) is 16.7. The van der Waals surface area contributed by atoms with Gasteiger partial charge in [-0.1, -0.05) is 54.1 Å². The fraction of sp³-hybridized carbons (Fsp3) is 0.200. The smallest absolute Gasteiger partial charge is 0.308 e. The van der Waals surface area contributed by atoms with Crippen LogP contribution in [-0.2, 0) is 19.9 Å². The van der Waals surface area contributed by atoms with Gasteiger partial charge in [-0.05, 0) is 51.9 Å². The summed E-state index contributed by atoms with van der Waals surface area (Å²) in [4.78, 5) is 23.4. The van der Waals surface area contributed by atoms with Crippen LogP contribution < -0.4 is 15.2 Å². The van der Waals surface area contributed by atoms with Gasteiger partial charge in [0.15, 0.2) is 5.60 Å². The van der Waals surface area contributed by atoms with E-state index in [2.05, 4.69) is 19.1 Å². The SMILES string of the molecule is CC(=O)Oc1ccc2ccc3c(c2c1)=CC(OC(C)=O)(c1ccccc1)CC=3C. The molecule has 1 unspecified atom stereocenters. The number of benzene rings is 3. The lowest BCUT2D eigenvalue weighted by atomic mass is 9.81. The van der Waals surface area contributed by atoms with Crippen molar-refractivity contribution in [1.82, 2.24) is 0 Å². The second-order valence-electron chi connectivity index (χ2n) is 7.45. The number of carbonyl (C=O) groups is 2. The van der Waals surface area contributed by atoms with Crippen LogP contribution in [0, 0.1) is 0 Å². The van der Waals surface area contributed by atoms with Crippen molar-refractivity contribution in [3.05, 3.63) is 76.7 Å². The molecule has 1 aliphatic rings. The Balaban J connectivity index is 2.05. The van der Waals surface area contributed by atoms with E-state index in [9.17, 15) is 9.59 Å². The lowest BCUT2D eigenvalue weighted by Gasteiger charge is -2.33. The fourth-order valence-electron chi connectivity index (χ4n) is 4.14. The first-order valence-electron chi connectivity index (χ1n) is 9.57. The van der Waals surface area contributed by atoms with E-state index >= 15 is 0 Å². The molecule has 29 heavy (non-hydrogen) atoms. The minimum Gasteiger partial charge on any atom is -0.450 e. The molecule has 4 heteroatoms. The van der Waals surface area contributed by atoms with Gasteiger partial charge in [-0.15, -0.1) is 0 Å². The average Bonchev–Trinajstić information content (AvgIpc) is 2.67. The van der Waals surface area contributed by atoms with Crippen molar-refractivity contribution in [1.29, 1.82) is 0 Å². The summed E-state index contributed by atoms with van der Waals surface area (Å²) >= 11 is 0. The molecule has 0 amide bonds. The van der Waals surface area contributed by atoms with E-state index in [1.807, 2.05) is 48.5 Å². The van der Waals surface area contributed by atoms with Crippen LogP contribution in [0.5, 0.6) is 5.75 Å². The van der Waals surface area contributed by atoms with Crippen molar-refractivity contribution >= 4 is 34.4 Å². The molecule has 3 aromatic carbocycles. The van der Waals surface area contributed by atoms with Crippen LogP contribution in [0.4, 0.5) is 0 Å². The maximum Gasteiger partial charge on any atom is 0.308 e. The third-order valence-electron chi connectivity index (χ3n) is 5.25. The first-order valence-corrected chi connectivity index (χ1v) is 9.57. The molecular formula is C25H22O4. The van der Waals surface area contributed by atoms with Gasteiger partial charge in [0, 0.05) is 20.3 Å². The number of esters is 2. The van der Waals surface area contributed by atoms with E-state index in [0.717, 1.165) is 32.3 Å². The molecule has 146 valence electrons. The first kappa shape index (κ1) is 18.9. The third kappa shape index (κ3) is 3.54. The topological polar surface area (TPSA) is 52.6 Å². The van der Waals surface area contributed by atoms with Gasteiger partial charge in [0.25, 0.3) is 0 Å². The summed E-state index contributed by atoms with van der Waals surface area (Å²) in [6, 6.07) is 19.5. The van der Waals surface area contributed by atoms with Crippen LogP contribution in [0.2, 0.25) is 0 Å². The molecule has 0 bridgehead atoms. The van der Waals surface area contributed by atoms with Crippen molar-refractivity contribution < 1.29 is 19.1 Å². The van der Waals surface area contributed by atoms with Crippen LogP contribution >= 0.6 is 0 Å². The predicted octanol–water partition coefficient (Wildman–Crippen LogP) is 3.58. The molecule has 1 atom stereocenters. The van der Waals surface area contributed by atoms with E-state index in [0.29, 0.717) is 12.2 Å². The fourth-order valence-corrected chi connectivity index (χ4v) is 4.14. The Morgan fingerprint density at radius 3 is 2.34 bits per heavy atom. The second kappa shape index (κ2) is 7.21. The Kier molecular flexibility index (Phi) is 4.71. The quantitative estimate of drug-likeness (QED) is 0.510. The van der Waals surface area contributed by atoms with Crippen LogP contribution in [0.3, 0.4) is 0 Å². The van der Waals surface area contributed by atoms with E-state index in [-0.39, 0.29) is 11.9 Å². The van der Waals surface area contributed by atoms with E-state index in [4.69, 9.17) is 9.47 Å². The first-order chi connectivity index (χ1) is 13.9. The van der Waals surface area contributed by atoms with E-state index in [1.165, 1.54) is 13.8 Å². The van der Waals surface area contributed by atoms with Gasteiger partial charge in [0.2, 0.25) is 0 Å². The minimum absolute atomic E-state index is 0.331. The summed E-state index contributed by atoms with van der Waals surface area (Å²) < 4.78 is 11.2. The molecule has 4 nitrogen and oxygen atoms in total. The van der Waals surface area contributed by atoms with Gasteiger partial charge in [-0.25, -0.2) is 0 Å². The number of hydrogen-bond donors (Lipinski definition) is 0. The van der Waals surface area contributed by atoms with Crippen molar-refractivity contribution in [2.24, 2.45) is 0 Å². The highest BCUT2D eigenvalue weighted by atomic mass is 16.6. The highest BCUT2D eigenvalue weighted by Gasteiger charge is 2.35. The van der Waals surface area contributed by atoms with Crippen LogP contribution in [-0.4, -0.2) is 11.9 Å². The molecule has 0 saturated heterocycles. The molecule has 0 heterocycles. The molecular weight excluding hydrogens is 364 g/mol. The molecule has 0 aliphatic heterocycles. The van der Waals surface area contributed by atoms with E-state index in [1.54, 1.807) is 6.07 Å². The van der Waals surface area contributed by atoms with Gasteiger partial charge in [0.1, 0.15) is 5.75 Å². The maximum atomic E-state index is 12.0. The Labute approximate surface area is 169 Å². The second-order valence-corrected chi connectivity index (χ2v) is 7.45. The van der Waals surface area contributed by atoms with Gasteiger partial charge in [-0.3, -0.25) is 9.59 Å². The molecule has 0 aromatic heterocycles. The predicted molar refractivity (Wildman–Crippen MR) is 113 cm³/mol. The molecule has 0 N–H and O–H groups in total. The molecule has 0 saturated carbocycles. The molecule has 1 aliphatic carbocycles. The summed E-state index contributed by atoms with van der Waals surface area (Å²) in [6.07, 6.45) is 2.62. The summed E-state index contributed by atoms with van der Waals surface area (Å²) in [7, 11) is 0. The Morgan fingerprint density at radius 2 is 1.66 bits per heavy atom. The monoisotopic (exact) mass is 386 g/mol. The summed E-state index contributed by atoms with van der Waals surface area (Å²) in [5, 5.41) is 4.06. The standard InChI is InChI=1S/C25H22O4/c1-16-14-25(29-18(3)27,20-7-5-4-6-8-20)15-24-22(16)12-10-19-9-11-21(13-23(19)24)28-17(2)26/h4-13,15H,14H2,1-3H3. The van der Waals surface area contributed by atoms with Crippen LogP contribution in [0.1, 0.15) is 32.8 Å². The van der Waals surface area contributed by atoms with Crippen molar-refractivity contribution in [2.75, 3.05) is 0 Å². The Hall–Kier alpha value is -3.40. The summed E-state index contributed by atoms with van der Waals surface area (Å²) in [5.74, 6) is -0.200.